The molecule has 3 nitrogen and oxygen atoms in total. The van der Waals surface area contributed by atoms with Crippen LogP contribution in [-0.4, -0.2) is 11.3 Å². The maximum atomic E-state index is 11.9. The molecule has 15 heavy (non-hydrogen) atoms. The van der Waals surface area contributed by atoms with E-state index in [2.05, 4.69) is 9.72 Å². The van der Waals surface area contributed by atoms with Gasteiger partial charge in [0.1, 0.15) is 0 Å². The van der Waals surface area contributed by atoms with E-state index in [0.717, 1.165) is 3.57 Å². The van der Waals surface area contributed by atoms with E-state index in [-0.39, 0.29) is 6.54 Å². The molecule has 84 valence electrons. The average Bonchev–Trinajstić information content (AvgIpc) is 2.08. The fourth-order valence-corrected chi connectivity index (χ4v) is 1.49. The summed E-state index contributed by atoms with van der Waals surface area (Å²) in [5, 5.41) is 0. The van der Waals surface area contributed by atoms with Crippen LogP contribution >= 0.6 is 22.6 Å². The minimum atomic E-state index is -4.72. The van der Waals surface area contributed by atoms with Crippen molar-refractivity contribution < 1.29 is 17.9 Å². The van der Waals surface area contributed by atoms with E-state index in [1.807, 2.05) is 22.6 Å². The Morgan fingerprint density at radius 2 is 2.13 bits per heavy atom. The Hall–Kier alpha value is -0.570. The Bertz CT molecular complexity index is 368. The summed E-state index contributed by atoms with van der Waals surface area (Å²) in [6, 6.07) is 1.23. The van der Waals surface area contributed by atoms with Crippen LogP contribution in [-0.2, 0) is 6.54 Å². The van der Waals surface area contributed by atoms with Crippen LogP contribution in [0.2, 0.25) is 0 Å². The number of nitrogens with zero attached hydrogens (tertiary/aromatic N) is 1. The quantitative estimate of drug-likeness (QED) is 0.846. The SMILES string of the molecule is Cc1cc(OC(F)(F)F)nc(CN)c1I. The Kier molecular flexibility index (Phi) is 3.77. The summed E-state index contributed by atoms with van der Waals surface area (Å²) in [6.45, 7) is 1.75. The average molecular weight is 332 g/mol. The second-order valence-corrected chi connectivity index (χ2v) is 3.87. The van der Waals surface area contributed by atoms with Gasteiger partial charge in [-0.3, -0.25) is 0 Å². The topological polar surface area (TPSA) is 48.1 Å². The first kappa shape index (κ1) is 12.5. The molecule has 0 saturated carbocycles. The van der Waals surface area contributed by atoms with Crippen molar-refractivity contribution in [3.05, 3.63) is 20.9 Å². The summed E-state index contributed by atoms with van der Waals surface area (Å²) >= 11 is 1.98. The van der Waals surface area contributed by atoms with Gasteiger partial charge in [-0.1, -0.05) is 0 Å². The summed E-state index contributed by atoms with van der Waals surface area (Å²) in [7, 11) is 0. The zero-order chi connectivity index (χ0) is 11.6. The van der Waals surface area contributed by atoms with E-state index >= 15 is 0 Å². The summed E-state index contributed by atoms with van der Waals surface area (Å²) in [5.74, 6) is -0.471. The molecule has 0 aliphatic heterocycles. The number of nitrogens with two attached hydrogens (primary N) is 1. The first-order chi connectivity index (χ1) is 6.83. The molecule has 0 bridgehead atoms. The van der Waals surface area contributed by atoms with Crippen LogP contribution in [0.25, 0.3) is 0 Å². The van der Waals surface area contributed by atoms with Crippen molar-refractivity contribution in [2.24, 2.45) is 5.73 Å². The van der Waals surface area contributed by atoms with Crippen LogP contribution in [0.5, 0.6) is 5.88 Å². The van der Waals surface area contributed by atoms with Crippen LogP contribution in [0.15, 0.2) is 6.07 Å². The summed E-state index contributed by atoms with van der Waals surface area (Å²) in [6.07, 6.45) is -4.72. The molecule has 0 fully saturated rings. The number of alkyl halides is 3. The highest BCUT2D eigenvalue weighted by Crippen LogP contribution is 2.25. The lowest BCUT2D eigenvalue weighted by Gasteiger charge is -2.11. The van der Waals surface area contributed by atoms with Gasteiger partial charge in [-0.15, -0.1) is 13.2 Å². The number of hydrogen-bond acceptors (Lipinski definition) is 3. The monoisotopic (exact) mass is 332 g/mol. The molecule has 1 aromatic heterocycles. The van der Waals surface area contributed by atoms with Gasteiger partial charge in [-0.25, -0.2) is 4.98 Å². The van der Waals surface area contributed by atoms with Gasteiger partial charge in [0, 0.05) is 16.2 Å². The van der Waals surface area contributed by atoms with E-state index in [0.29, 0.717) is 11.3 Å². The highest BCUT2D eigenvalue weighted by molar-refractivity contribution is 14.1. The molecule has 0 atom stereocenters. The molecule has 0 aliphatic rings. The van der Waals surface area contributed by atoms with Crippen LogP contribution < -0.4 is 10.5 Å². The molecule has 0 aromatic carbocycles. The molecule has 0 radical (unpaired) electrons. The van der Waals surface area contributed by atoms with Crippen LogP contribution in [0, 0.1) is 10.5 Å². The number of rotatable bonds is 2. The van der Waals surface area contributed by atoms with Gasteiger partial charge in [0.15, 0.2) is 0 Å². The van der Waals surface area contributed by atoms with Crippen LogP contribution in [0.4, 0.5) is 13.2 Å². The second-order valence-electron chi connectivity index (χ2n) is 2.79. The van der Waals surface area contributed by atoms with Gasteiger partial charge in [0.05, 0.1) is 5.69 Å². The molecule has 2 N–H and O–H groups in total. The van der Waals surface area contributed by atoms with E-state index in [1.165, 1.54) is 6.07 Å². The Labute approximate surface area is 98.0 Å². The molecule has 1 aromatic rings. The van der Waals surface area contributed by atoms with Crippen molar-refractivity contribution in [3.8, 4) is 5.88 Å². The molecule has 0 saturated heterocycles. The Balaban J connectivity index is 3.06. The third-order valence-corrected chi connectivity index (χ3v) is 3.07. The predicted octanol–water partition coefficient (Wildman–Crippen LogP) is 2.35. The molecular weight excluding hydrogens is 324 g/mol. The maximum Gasteiger partial charge on any atom is 0.574 e. The van der Waals surface area contributed by atoms with Crippen molar-refractivity contribution in [2.75, 3.05) is 0 Å². The molecule has 0 amide bonds. The standard InChI is InChI=1S/C8H8F3IN2O/c1-4-2-6(15-8(9,10)11)14-5(3-13)7(4)12/h2H,3,13H2,1H3. The van der Waals surface area contributed by atoms with E-state index < -0.39 is 12.2 Å². The van der Waals surface area contributed by atoms with Gasteiger partial charge in [-0.2, -0.15) is 0 Å². The normalized spacial score (nSPS) is 11.6. The predicted molar refractivity (Wildman–Crippen MR) is 56.3 cm³/mol. The number of hydrogen-bond donors (Lipinski definition) is 1. The fourth-order valence-electron chi connectivity index (χ4n) is 0.997. The number of ether oxygens (including phenoxy) is 1. The number of pyridine rings is 1. The third kappa shape index (κ3) is 3.49. The lowest BCUT2D eigenvalue weighted by atomic mass is 10.2. The lowest BCUT2D eigenvalue weighted by Crippen LogP contribution is -2.19. The third-order valence-electron chi connectivity index (χ3n) is 1.60. The first-order valence-electron chi connectivity index (χ1n) is 3.95. The highest BCUT2D eigenvalue weighted by atomic mass is 127. The van der Waals surface area contributed by atoms with Crippen molar-refractivity contribution in [2.45, 2.75) is 19.8 Å². The fraction of sp³-hybridized carbons (Fsp3) is 0.375. The highest BCUT2D eigenvalue weighted by Gasteiger charge is 2.32. The maximum absolute atomic E-state index is 11.9. The van der Waals surface area contributed by atoms with Gasteiger partial charge in [0.2, 0.25) is 5.88 Å². The minimum Gasteiger partial charge on any atom is -0.388 e. The number of aromatic nitrogens is 1. The van der Waals surface area contributed by atoms with E-state index in [1.54, 1.807) is 6.92 Å². The lowest BCUT2D eigenvalue weighted by molar-refractivity contribution is -0.276. The van der Waals surface area contributed by atoms with Crippen LogP contribution in [0.3, 0.4) is 0 Å². The Morgan fingerprint density at radius 3 is 2.60 bits per heavy atom. The molecule has 1 rings (SSSR count). The summed E-state index contributed by atoms with van der Waals surface area (Å²) < 4.78 is 40.2. The van der Waals surface area contributed by atoms with Gasteiger partial charge < -0.3 is 10.5 Å². The van der Waals surface area contributed by atoms with Crippen molar-refractivity contribution in [1.82, 2.24) is 4.98 Å². The van der Waals surface area contributed by atoms with Crippen molar-refractivity contribution in [1.29, 1.82) is 0 Å². The van der Waals surface area contributed by atoms with E-state index in [4.69, 9.17) is 5.73 Å². The number of halogens is 4. The molecule has 0 aliphatic carbocycles. The summed E-state index contributed by atoms with van der Waals surface area (Å²) in [4.78, 5) is 3.66. The van der Waals surface area contributed by atoms with Gasteiger partial charge in [-0.05, 0) is 35.1 Å². The van der Waals surface area contributed by atoms with Crippen molar-refractivity contribution >= 4 is 22.6 Å². The molecule has 0 unspecified atom stereocenters. The van der Waals surface area contributed by atoms with Gasteiger partial charge in [0.25, 0.3) is 0 Å². The van der Waals surface area contributed by atoms with E-state index in [9.17, 15) is 13.2 Å². The van der Waals surface area contributed by atoms with Crippen LogP contribution in [0.1, 0.15) is 11.3 Å². The summed E-state index contributed by atoms with van der Waals surface area (Å²) in [5.41, 5.74) is 6.40. The number of aryl methyl sites for hydroxylation is 1. The Morgan fingerprint density at radius 1 is 1.53 bits per heavy atom. The minimum absolute atomic E-state index is 0.0776. The molecule has 0 spiro atoms. The first-order valence-corrected chi connectivity index (χ1v) is 5.03. The zero-order valence-electron chi connectivity index (χ0n) is 7.73. The smallest absolute Gasteiger partial charge is 0.388 e. The van der Waals surface area contributed by atoms with Gasteiger partial charge >= 0.3 is 6.36 Å². The second kappa shape index (κ2) is 4.52. The molecular formula is C8H8F3IN2O. The molecule has 1 heterocycles. The zero-order valence-corrected chi connectivity index (χ0v) is 9.89. The largest absolute Gasteiger partial charge is 0.574 e. The van der Waals surface area contributed by atoms with Crippen molar-refractivity contribution in [3.63, 3.8) is 0 Å². The molecule has 7 heteroatoms.